The van der Waals surface area contributed by atoms with Gasteiger partial charge in [-0.05, 0) is 49.7 Å². The summed E-state index contributed by atoms with van der Waals surface area (Å²) in [7, 11) is 1.49. The van der Waals surface area contributed by atoms with Crippen LogP contribution < -0.4 is 20.7 Å². The number of hydrogen-bond donors (Lipinski definition) is 3. The van der Waals surface area contributed by atoms with E-state index in [2.05, 4.69) is 22.0 Å². The Hall–Kier alpha value is -4.26. The summed E-state index contributed by atoms with van der Waals surface area (Å²) in [5.41, 5.74) is 2.75. The lowest BCUT2D eigenvalue weighted by atomic mass is 9.82. The normalized spacial score (nSPS) is 14.8. The molecule has 3 aromatic carbocycles. The maximum atomic E-state index is 15.1. The molecule has 0 bridgehead atoms. The lowest BCUT2D eigenvalue weighted by Crippen LogP contribution is -2.31. The Bertz CT molecular complexity index is 1580. The number of rotatable bonds is 8. The van der Waals surface area contributed by atoms with Crippen molar-refractivity contribution in [3.8, 4) is 11.8 Å². The highest BCUT2D eigenvalue weighted by atomic mass is 35.5. The number of nitriles is 1. The van der Waals surface area contributed by atoms with Crippen LogP contribution in [0.2, 0.25) is 5.02 Å². The second-order valence-corrected chi connectivity index (χ2v) is 10.3. The molecule has 0 saturated heterocycles. The van der Waals surface area contributed by atoms with Crippen molar-refractivity contribution in [1.82, 2.24) is 5.32 Å². The van der Waals surface area contributed by atoms with Gasteiger partial charge in [0.2, 0.25) is 5.91 Å². The second kappa shape index (κ2) is 12.7. The molecule has 1 heterocycles. The Morgan fingerprint density at radius 2 is 1.82 bits per heavy atom. The van der Waals surface area contributed by atoms with Crippen molar-refractivity contribution in [2.75, 3.05) is 23.5 Å². The second-order valence-electron chi connectivity index (χ2n) is 8.93. The summed E-state index contributed by atoms with van der Waals surface area (Å²) in [5, 5.41) is 19.8. The van der Waals surface area contributed by atoms with Gasteiger partial charge in [0.25, 0.3) is 5.91 Å². The first-order valence-corrected chi connectivity index (χ1v) is 13.6. The van der Waals surface area contributed by atoms with Crippen molar-refractivity contribution in [3.05, 3.63) is 111 Å². The van der Waals surface area contributed by atoms with Crippen molar-refractivity contribution in [2.45, 2.75) is 19.8 Å². The van der Waals surface area contributed by atoms with E-state index in [0.29, 0.717) is 32.9 Å². The molecular weight excluding hydrogens is 551 g/mol. The monoisotopic (exact) mass is 576 g/mol. The first-order valence-electron chi connectivity index (χ1n) is 12.2. The highest BCUT2D eigenvalue weighted by molar-refractivity contribution is 8.03. The summed E-state index contributed by atoms with van der Waals surface area (Å²) >= 11 is 7.25. The molecule has 1 aliphatic rings. The Labute approximate surface area is 241 Å². The highest BCUT2D eigenvalue weighted by Crippen LogP contribution is 2.42. The Morgan fingerprint density at radius 1 is 1.10 bits per heavy atom. The van der Waals surface area contributed by atoms with Gasteiger partial charge in [-0.2, -0.15) is 5.26 Å². The molecule has 0 fully saturated rings. The number of thioether (sulfide) groups is 1. The van der Waals surface area contributed by atoms with Crippen molar-refractivity contribution in [1.29, 1.82) is 5.26 Å². The van der Waals surface area contributed by atoms with Gasteiger partial charge in [-0.25, -0.2) is 4.39 Å². The molecule has 40 heavy (non-hydrogen) atoms. The number of ether oxygens (including phenoxy) is 1. The average Bonchev–Trinajstić information content (AvgIpc) is 2.94. The van der Waals surface area contributed by atoms with E-state index >= 15 is 4.39 Å². The van der Waals surface area contributed by atoms with E-state index in [9.17, 15) is 14.9 Å². The topological polar surface area (TPSA) is 103 Å². The maximum absolute atomic E-state index is 15.1. The summed E-state index contributed by atoms with van der Waals surface area (Å²) < 4.78 is 20.5. The smallest absolute Gasteiger partial charge is 0.254 e. The van der Waals surface area contributed by atoms with E-state index in [4.69, 9.17) is 16.3 Å². The first kappa shape index (κ1) is 28.7. The first-order chi connectivity index (χ1) is 19.2. The van der Waals surface area contributed by atoms with E-state index in [1.165, 1.54) is 19.2 Å². The van der Waals surface area contributed by atoms with Gasteiger partial charge in [-0.15, -0.1) is 0 Å². The molecule has 1 atom stereocenters. The van der Waals surface area contributed by atoms with Gasteiger partial charge in [0.15, 0.2) is 0 Å². The number of nitrogens with one attached hydrogen (secondary N) is 3. The van der Waals surface area contributed by atoms with Gasteiger partial charge in [-0.3, -0.25) is 9.59 Å². The number of anilines is 2. The lowest BCUT2D eigenvalue weighted by Gasteiger charge is -2.30. The average molecular weight is 577 g/mol. The van der Waals surface area contributed by atoms with Crippen molar-refractivity contribution in [2.24, 2.45) is 0 Å². The zero-order valence-electron chi connectivity index (χ0n) is 22.0. The number of carbonyl (C=O) groups is 2. The zero-order valence-corrected chi connectivity index (χ0v) is 23.5. The molecule has 0 aromatic heterocycles. The van der Waals surface area contributed by atoms with Gasteiger partial charge in [0.1, 0.15) is 11.6 Å². The molecule has 0 saturated carbocycles. The number of amides is 2. The molecule has 10 heteroatoms. The number of dihydropyridines is 1. The third-order valence-electron chi connectivity index (χ3n) is 6.27. The Balaban J connectivity index is 1.65. The van der Waals surface area contributed by atoms with Crippen LogP contribution in [0.1, 0.15) is 24.0 Å². The fourth-order valence-corrected chi connectivity index (χ4v) is 5.36. The van der Waals surface area contributed by atoms with Crippen molar-refractivity contribution < 1.29 is 18.7 Å². The third-order valence-corrected chi connectivity index (χ3v) is 7.69. The molecule has 3 aromatic rings. The van der Waals surface area contributed by atoms with Crippen LogP contribution in [0.25, 0.3) is 0 Å². The lowest BCUT2D eigenvalue weighted by molar-refractivity contribution is -0.114. The minimum absolute atomic E-state index is 0.0426. The van der Waals surface area contributed by atoms with Crippen LogP contribution in [-0.2, 0) is 9.59 Å². The number of methoxy groups -OCH3 is 1. The minimum Gasteiger partial charge on any atom is -0.495 e. The van der Waals surface area contributed by atoms with Crippen LogP contribution >= 0.6 is 23.4 Å². The number of benzene rings is 3. The van der Waals surface area contributed by atoms with Crippen molar-refractivity contribution >= 4 is 46.6 Å². The summed E-state index contributed by atoms with van der Waals surface area (Å²) in [4.78, 5) is 26.3. The predicted molar refractivity (Wildman–Crippen MR) is 157 cm³/mol. The summed E-state index contributed by atoms with van der Waals surface area (Å²) in [6, 6.07) is 20.3. The summed E-state index contributed by atoms with van der Waals surface area (Å²) in [5.74, 6) is -2.00. The van der Waals surface area contributed by atoms with E-state index in [1.807, 2.05) is 6.92 Å². The van der Waals surface area contributed by atoms with Gasteiger partial charge < -0.3 is 20.7 Å². The van der Waals surface area contributed by atoms with E-state index in [0.717, 1.165) is 17.3 Å². The Kier molecular flexibility index (Phi) is 9.15. The summed E-state index contributed by atoms with van der Waals surface area (Å²) in [6.07, 6.45) is 0. The molecule has 2 amide bonds. The van der Waals surface area contributed by atoms with E-state index in [-0.39, 0.29) is 28.4 Å². The molecular formula is C30H26ClFN4O3S. The largest absolute Gasteiger partial charge is 0.495 e. The van der Waals surface area contributed by atoms with Crippen LogP contribution in [0.5, 0.6) is 5.75 Å². The van der Waals surface area contributed by atoms with Crippen LogP contribution in [0, 0.1) is 24.1 Å². The third kappa shape index (κ3) is 6.30. The Morgan fingerprint density at radius 3 is 2.52 bits per heavy atom. The van der Waals surface area contributed by atoms with Gasteiger partial charge >= 0.3 is 0 Å². The number of carbonyl (C=O) groups excluding carboxylic acids is 2. The molecule has 1 aliphatic heterocycles. The minimum atomic E-state index is -1.01. The summed E-state index contributed by atoms with van der Waals surface area (Å²) in [6.45, 7) is 3.54. The SMILES string of the molecule is COc1ccccc1NC(=O)C1=C(C)NC(SCC(=O)Nc2ccc(C)c(Cl)c2)=C(C#N)C1c1ccccc1F. The standard InChI is InChI=1S/C30H26ClFN4O3S/c1-17-12-13-19(14-22(17)31)35-26(37)16-40-30-21(15-33)28(20-8-4-5-9-23(20)32)27(18(2)34-30)29(38)36-24-10-6-7-11-25(24)39-3/h4-14,28,34H,16H2,1-3H3,(H,35,37)(H,36,38). The number of aryl methyl sites for hydroxylation is 1. The van der Waals surface area contributed by atoms with E-state index < -0.39 is 17.6 Å². The number of para-hydroxylation sites is 2. The quantitative estimate of drug-likeness (QED) is 0.283. The van der Waals surface area contributed by atoms with Gasteiger partial charge in [0.05, 0.1) is 41.1 Å². The fraction of sp³-hybridized carbons (Fsp3) is 0.167. The molecule has 7 nitrogen and oxygen atoms in total. The van der Waals surface area contributed by atoms with Crippen molar-refractivity contribution in [3.63, 3.8) is 0 Å². The number of halogens is 2. The molecule has 0 radical (unpaired) electrons. The highest BCUT2D eigenvalue weighted by Gasteiger charge is 2.36. The van der Waals surface area contributed by atoms with Crippen LogP contribution in [0.15, 0.2) is 88.6 Å². The van der Waals surface area contributed by atoms with Gasteiger partial charge in [0, 0.05) is 27.5 Å². The molecule has 1 unspecified atom stereocenters. The molecule has 3 N–H and O–H groups in total. The molecule has 4 rings (SSSR count). The fourth-order valence-electron chi connectivity index (χ4n) is 4.29. The predicted octanol–water partition coefficient (Wildman–Crippen LogP) is 6.50. The van der Waals surface area contributed by atoms with Crippen LogP contribution in [-0.4, -0.2) is 24.7 Å². The zero-order chi connectivity index (χ0) is 28.8. The van der Waals surface area contributed by atoms with Gasteiger partial charge in [-0.1, -0.05) is 59.8 Å². The van der Waals surface area contributed by atoms with E-state index in [1.54, 1.807) is 61.5 Å². The molecule has 0 aliphatic carbocycles. The molecule has 0 spiro atoms. The number of nitrogens with zero attached hydrogens (tertiary/aromatic N) is 1. The number of hydrogen-bond acceptors (Lipinski definition) is 6. The number of allylic oxidation sites excluding steroid dienone is 2. The molecule has 204 valence electrons. The van der Waals surface area contributed by atoms with Crippen LogP contribution in [0.4, 0.5) is 15.8 Å². The maximum Gasteiger partial charge on any atom is 0.254 e. The van der Waals surface area contributed by atoms with Crippen LogP contribution in [0.3, 0.4) is 0 Å².